The Balaban J connectivity index is 1.82. The number of carbonyl (C=O) groups excluding carboxylic acids is 2. The summed E-state index contributed by atoms with van der Waals surface area (Å²) in [4.78, 5) is 24.3. The van der Waals surface area contributed by atoms with Gasteiger partial charge in [-0.2, -0.15) is 0 Å². The van der Waals surface area contributed by atoms with Gasteiger partial charge in [-0.15, -0.1) is 10.2 Å². The fraction of sp³-hybridized carbons (Fsp3) is 0.474. The molecule has 1 N–H and O–H groups in total. The minimum absolute atomic E-state index is 0.0233. The van der Waals surface area contributed by atoms with E-state index in [1.807, 2.05) is 12.1 Å². The van der Waals surface area contributed by atoms with Crippen LogP contribution in [-0.2, 0) is 10.2 Å². The summed E-state index contributed by atoms with van der Waals surface area (Å²) in [7, 11) is 0. The predicted octanol–water partition coefficient (Wildman–Crippen LogP) is 4.63. The smallest absolute Gasteiger partial charge is 0.257 e. The van der Waals surface area contributed by atoms with E-state index in [2.05, 4.69) is 50.1 Å². The molecule has 0 aliphatic rings. The zero-order valence-electron chi connectivity index (χ0n) is 16.2. The Labute approximate surface area is 173 Å². The minimum atomic E-state index is -0.383. The van der Waals surface area contributed by atoms with Crippen LogP contribution in [-0.4, -0.2) is 33.5 Å². The summed E-state index contributed by atoms with van der Waals surface area (Å²) >= 11 is 4.44. The normalized spacial score (nSPS) is 11.6. The maximum Gasteiger partial charge on any atom is 0.257 e. The highest BCUT2D eigenvalue weighted by atomic mass is 32.2. The van der Waals surface area contributed by atoms with Gasteiger partial charge >= 0.3 is 0 Å². The Morgan fingerprint density at radius 1 is 1.07 bits per heavy atom. The number of rotatable bonds is 7. The first kappa shape index (κ1) is 21.9. The number of thioether (sulfide) groups is 2. The highest BCUT2D eigenvalue weighted by molar-refractivity contribution is 8.03. The molecule has 2 rings (SSSR count). The van der Waals surface area contributed by atoms with Crippen molar-refractivity contribution in [2.75, 3.05) is 11.5 Å². The summed E-state index contributed by atoms with van der Waals surface area (Å²) in [6.07, 6.45) is 0. The fourth-order valence-corrected chi connectivity index (χ4v) is 4.83. The van der Waals surface area contributed by atoms with E-state index in [4.69, 9.17) is 0 Å². The third kappa shape index (κ3) is 7.27. The van der Waals surface area contributed by atoms with Gasteiger partial charge in [-0.3, -0.25) is 14.9 Å². The van der Waals surface area contributed by atoms with Crippen LogP contribution in [0.1, 0.15) is 50.5 Å². The molecule has 0 aliphatic heterocycles. The number of imide groups is 1. The number of aromatic nitrogens is 2. The Hall–Kier alpha value is -1.38. The number of nitrogens with zero attached hydrogens (tertiary/aromatic N) is 2. The lowest BCUT2D eigenvalue weighted by molar-refractivity contribution is -0.117. The summed E-state index contributed by atoms with van der Waals surface area (Å²) in [5.41, 5.74) is 1.64. The number of hydrogen-bond donors (Lipinski definition) is 1. The Kier molecular flexibility index (Phi) is 7.88. The summed E-state index contributed by atoms with van der Waals surface area (Å²) in [6.45, 7) is 10.7. The molecule has 0 unspecified atom stereocenters. The molecule has 2 aromatic rings. The zero-order valence-corrected chi connectivity index (χ0v) is 18.7. The molecule has 0 radical (unpaired) electrons. The number of nitrogens with one attached hydrogen (secondary N) is 1. The van der Waals surface area contributed by atoms with Crippen LogP contribution >= 0.6 is 34.9 Å². The van der Waals surface area contributed by atoms with Crippen LogP contribution in [0.4, 0.5) is 0 Å². The van der Waals surface area contributed by atoms with Crippen LogP contribution in [0, 0.1) is 5.92 Å². The first-order valence-corrected chi connectivity index (χ1v) is 11.5. The van der Waals surface area contributed by atoms with Gasteiger partial charge in [0.1, 0.15) is 0 Å². The van der Waals surface area contributed by atoms with Crippen LogP contribution < -0.4 is 5.32 Å². The van der Waals surface area contributed by atoms with Crippen molar-refractivity contribution in [3.05, 3.63) is 35.4 Å². The van der Waals surface area contributed by atoms with Crippen LogP contribution in [0.2, 0.25) is 0 Å². The molecule has 27 heavy (non-hydrogen) atoms. The van der Waals surface area contributed by atoms with Crippen molar-refractivity contribution in [3.8, 4) is 0 Å². The third-order valence-electron chi connectivity index (χ3n) is 3.52. The van der Waals surface area contributed by atoms with E-state index < -0.39 is 0 Å². The molecule has 0 saturated carbocycles. The Bertz CT molecular complexity index is 780. The number of hydrogen-bond acceptors (Lipinski definition) is 7. The first-order valence-electron chi connectivity index (χ1n) is 8.69. The molecule has 0 aliphatic carbocycles. The van der Waals surface area contributed by atoms with Gasteiger partial charge < -0.3 is 0 Å². The largest absolute Gasteiger partial charge is 0.292 e. The van der Waals surface area contributed by atoms with Gasteiger partial charge in [0.05, 0.1) is 5.75 Å². The van der Waals surface area contributed by atoms with Crippen molar-refractivity contribution in [2.45, 2.75) is 48.7 Å². The van der Waals surface area contributed by atoms with Crippen LogP contribution in [0.25, 0.3) is 0 Å². The number of amides is 2. The lowest BCUT2D eigenvalue weighted by atomic mass is 9.87. The standard InChI is InChI=1S/C19H25N3O2S3/c1-12(2)10-25-17-21-22-18(27-17)26-11-15(23)20-16(24)13-6-8-14(9-7-13)19(3,4)5/h6-9,12H,10-11H2,1-5H3,(H,20,23,24). The lowest BCUT2D eigenvalue weighted by Crippen LogP contribution is -2.31. The van der Waals surface area contributed by atoms with Crippen LogP contribution in [0.15, 0.2) is 32.9 Å². The molecule has 2 amide bonds. The van der Waals surface area contributed by atoms with Crippen molar-refractivity contribution >= 4 is 46.7 Å². The van der Waals surface area contributed by atoms with Gasteiger partial charge in [-0.05, 0) is 29.0 Å². The average Bonchev–Trinajstić information content (AvgIpc) is 3.05. The second-order valence-electron chi connectivity index (χ2n) is 7.53. The molecule has 0 spiro atoms. The fourth-order valence-electron chi connectivity index (χ4n) is 2.04. The number of benzene rings is 1. The predicted molar refractivity (Wildman–Crippen MR) is 114 cm³/mol. The quantitative estimate of drug-likeness (QED) is 0.655. The third-order valence-corrected chi connectivity index (χ3v) is 7.14. The maximum atomic E-state index is 12.2. The molecule has 0 atom stereocenters. The molecule has 0 fully saturated rings. The van der Waals surface area contributed by atoms with Gasteiger partial charge in [0.2, 0.25) is 5.91 Å². The van der Waals surface area contributed by atoms with Gasteiger partial charge in [0.25, 0.3) is 5.91 Å². The maximum absolute atomic E-state index is 12.2. The lowest BCUT2D eigenvalue weighted by Gasteiger charge is -2.18. The Morgan fingerprint density at radius 2 is 1.67 bits per heavy atom. The topological polar surface area (TPSA) is 72.0 Å². The molecule has 0 bridgehead atoms. The van der Waals surface area contributed by atoms with Gasteiger partial charge in [0, 0.05) is 11.3 Å². The van der Waals surface area contributed by atoms with Crippen molar-refractivity contribution in [1.29, 1.82) is 0 Å². The molecule has 5 nitrogen and oxygen atoms in total. The first-order chi connectivity index (χ1) is 12.6. The van der Waals surface area contributed by atoms with E-state index >= 15 is 0 Å². The van der Waals surface area contributed by atoms with Crippen LogP contribution in [0.3, 0.4) is 0 Å². The van der Waals surface area contributed by atoms with Crippen molar-refractivity contribution in [1.82, 2.24) is 15.5 Å². The van der Waals surface area contributed by atoms with Crippen molar-refractivity contribution < 1.29 is 9.59 Å². The molecular formula is C19H25N3O2S3. The average molecular weight is 424 g/mol. The SMILES string of the molecule is CC(C)CSc1nnc(SCC(=O)NC(=O)c2ccc(C(C)(C)C)cc2)s1. The summed E-state index contributed by atoms with van der Waals surface area (Å²) in [5.74, 6) is 0.990. The van der Waals surface area contributed by atoms with E-state index in [9.17, 15) is 9.59 Å². The van der Waals surface area contributed by atoms with E-state index in [0.717, 1.165) is 20.0 Å². The molecule has 1 aromatic carbocycles. The molecule has 1 aromatic heterocycles. The van der Waals surface area contributed by atoms with Gasteiger partial charge in [0.15, 0.2) is 8.68 Å². The van der Waals surface area contributed by atoms with E-state index in [1.165, 1.54) is 23.1 Å². The molecule has 0 saturated heterocycles. The monoisotopic (exact) mass is 423 g/mol. The molecule has 1 heterocycles. The van der Waals surface area contributed by atoms with Gasteiger partial charge in [-0.25, -0.2) is 0 Å². The highest BCUT2D eigenvalue weighted by Gasteiger charge is 2.16. The van der Waals surface area contributed by atoms with Gasteiger partial charge in [-0.1, -0.05) is 81.6 Å². The van der Waals surface area contributed by atoms with Crippen molar-refractivity contribution in [2.24, 2.45) is 5.92 Å². The van der Waals surface area contributed by atoms with E-state index in [-0.39, 0.29) is 23.0 Å². The minimum Gasteiger partial charge on any atom is -0.292 e. The summed E-state index contributed by atoms with van der Waals surface area (Å²) in [6, 6.07) is 7.34. The van der Waals surface area contributed by atoms with Crippen molar-refractivity contribution in [3.63, 3.8) is 0 Å². The summed E-state index contributed by atoms with van der Waals surface area (Å²) < 4.78 is 1.64. The van der Waals surface area contributed by atoms with Crippen LogP contribution in [0.5, 0.6) is 0 Å². The van der Waals surface area contributed by atoms with E-state index in [1.54, 1.807) is 23.9 Å². The number of carbonyl (C=O) groups is 2. The molecular weight excluding hydrogens is 398 g/mol. The summed E-state index contributed by atoms with van der Waals surface area (Å²) in [5, 5.41) is 10.6. The highest BCUT2D eigenvalue weighted by Crippen LogP contribution is 2.29. The molecule has 8 heteroatoms. The second-order valence-corrected chi connectivity index (χ2v) is 11.0. The molecule has 146 valence electrons. The van der Waals surface area contributed by atoms with E-state index in [0.29, 0.717) is 11.5 Å². The second kappa shape index (κ2) is 9.71. The zero-order chi connectivity index (χ0) is 20.0. The Morgan fingerprint density at radius 3 is 2.22 bits per heavy atom.